The maximum atomic E-state index is 6.69. The van der Waals surface area contributed by atoms with Crippen LogP contribution >= 0.6 is 0 Å². The standard InChI is InChI=1S/C51H58N4O.Pd/c1-14-17-43-47(35-26-36(49(5,6)7)29-37(27-35)50(8,9)10)48(51(11,12)13)55(53-43)38-24-33(4)25-40(30-38)56-39-20-21-42-41-18-15-16-19-44(41)54(45(42)31-39)46-28-34(32(2)3)22-23-52-46;/h15-16,18-29,32H,14,17H2,1-13H3;/q-2;+2. The van der Waals surface area contributed by atoms with Crippen molar-refractivity contribution in [2.75, 3.05) is 0 Å². The molecule has 6 heteroatoms. The molecule has 0 atom stereocenters. The topological polar surface area (TPSA) is 44.9 Å². The van der Waals surface area contributed by atoms with E-state index < -0.39 is 0 Å². The predicted molar refractivity (Wildman–Crippen MR) is 234 cm³/mol. The van der Waals surface area contributed by atoms with Crippen molar-refractivity contribution in [3.05, 3.63) is 131 Å². The van der Waals surface area contributed by atoms with Gasteiger partial charge in [-0.05, 0) is 74.7 Å². The molecule has 0 fully saturated rings. The maximum absolute atomic E-state index is 6.69. The summed E-state index contributed by atoms with van der Waals surface area (Å²) in [5.74, 6) is 2.50. The van der Waals surface area contributed by atoms with Crippen molar-refractivity contribution in [2.24, 2.45) is 0 Å². The molecule has 0 aliphatic carbocycles. The van der Waals surface area contributed by atoms with E-state index in [9.17, 15) is 0 Å². The second kappa shape index (κ2) is 15.7. The number of para-hydroxylation sites is 1. The Bertz CT molecular complexity index is 2540. The Labute approximate surface area is 354 Å². The molecule has 0 unspecified atom stereocenters. The first-order chi connectivity index (χ1) is 26.3. The van der Waals surface area contributed by atoms with Gasteiger partial charge in [0.05, 0.1) is 11.4 Å². The Morgan fingerprint density at radius 3 is 2.05 bits per heavy atom. The van der Waals surface area contributed by atoms with Crippen LogP contribution in [0.25, 0.3) is 44.4 Å². The van der Waals surface area contributed by atoms with Gasteiger partial charge in [0.1, 0.15) is 5.82 Å². The first kappa shape index (κ1) is 42.1. The average molecular weight is 849 g/mol. The first-order valence-corrected chi connectivity index (χ1v) is 20.3. The van der Waals surface area contributed by atoms with Gasteiger partial charge in [0.15, 0.2) is 0 Å². The van der Waals surface area contributed by atoms with Gasteiger partial charge < -0.3 is 9.30 Å². The normalized spacial score (nSPS) is 12.5. The Hall–Kier alpha value is -4.50. The Kier molecular flexibility index (Phi) is 11.6. The van der Waals surface area contributed by atoms with Crippen LogP contribution in [0.3, 0.4) is 0 Å². The Morgan fingerprint density at radius 2 is 1.42 bits per heavy atom. The van der Waals surface area contributed by atoms with Gasteiger partial charge in [-0.15, -0.1) is 35.7 Å². The van der Waals surface area contributed by atoms with Gasteiger partial charge in [-0.2, -0.15) is 16.7 Å². The Balaban J connectivity index is 0.00000549. The van der Waals surface area contributed by atoms with Crippen molar-refractivity contribution in [3.8, 4) is 34.1 Å². The zero-order chi connectivity index (χ0) is 40.3. The van der Waals surface area contributed by atoms with E-state index >= 15 is 0 Å². The third kappa shape index (κ3) is 8.41. The van der Waals surface area contributed by atoms with Crippen LogP contribution < -0.4 is 4.74 Å². The molecule has 0 aliphatic rings. The average Bonchev–Trinajstić information content (AvgIpc) is 3.67. The van der Waals surface area contributed by atoms with Crippen LogP contribution in [0.1, 0.15) is 129 Å². The number of hydrogen-bond donors (Lipinski definition) is 0. The first-order valence-electron chi connectivity index (χ1n) is 20.3. The molecule has 4 aromatic carbocycles. The summed E-state index contributed by atoms with van der Waals surface area (Å²) >= 11 is 0. The van der Waals surface area contributed by atoms with E-state index in [1.165, 1.54) is 33.5 Å². The molecule has 0 saturated carbocycles. The van der Waals surface area contributed by atoms with Crippen LogP contribution in [0.5, 0.6) is 11.5 Å². The molecule has 3 heterocycles. The molecule has 57 heavy (non-hydrogen) atoms. The number of ether oxygens (including phenoxy) is 1. The van der Waals surface area contributed by atoms with Crippen molar-refractivity contribution in [1.82, 2.24) is 19.3 Å². The van der Waals surface area contributed by atoms with Crippen LogP contribution in [0.15, 0.2) is 85.1 Å². The third-order valence-corrected chi connectivity index (χ3v) is 10.8. The second-order valence-electron chi connectivity index (χ2n) is 18.9. The fraction of sp³-hybridized carbons (Fsp3) is 0.373. The quantitative estimate of drug-likeness (QED) is 0.113. The number of hydrogen-bond acceptors (Lipinski definition) is 3. The van der Waals surface area contributed by atoms with Crippen LogP contribution in [0, 0.1) is 19.1 Å². The molecule has 7 aromatic rings. The summed E-state index contributed by atoms with van der Waals surface area (Å²) in [5, 5.41) is 7.68. The third-order valence-electron chi connectivity index (χ3n) is 10.8. The smallest absolute Gasteiger partial charge is 0.509 e. The van der Waals surface area contributed by atoms with Gasteiger partial charge in [0, 0.05) is 34.2 Å². The molecule has 0 radical (unpaired) electrons. The number of pyridine rings is 1. The van der Waals surface area contributed by atoms with E-state index in [0.29, 0.717) is 17.4 Å². The van der Waals surface area contributed by atoms with E-state index in [1.54, 1.807) is 0 Å². The van der Waals surface area contributed by atoms with Crippen LogP contribution in [-0.4, -0.2) is 19.3 Å². The minimum atomic E-state index is -0.223. The van der Waals surface area contributed by atoms with Crippen molar-refractivity contribution < 1.29 is 25.2 Å². The fourth-order valence-corrected chi connectivity index (χ4v) is 7.72. The summed E-state index contributed by atoms with van der Waals surface area (Å²) in [5.41, 5.74) is 12.4. The molecule has 0 bridgehead atoms. The van der Waals surface area contributed by atoms with Crippen molar-refractivity contribution in [1.29, 1.82) is 0 Å². The predicted octanol–water partition coefficient (Wildman–Crippen LogP) is 13.7. The van der Waals surface area contributed by atoms with Gasteiger partial charge in [-0.25, -0.2) is 4.98 Å². The molecule has 298 valence electrons. The van der Waals surface area contributed by atoms with Gasteiger partial charge in [0.25, 0.3) is 0 Å². The SMILES string of the molecule is CCCc1nn(-c2[c-]c(Oc3[c-]c4c(cc3)c3ccccc3n4-c3cc(C(C)C)ccn3)cc(C)c2)c(C(C)(C)C)c1-c1cc(C(C)(C)C)cc(C(C)(C)C)c1.[Pd+2]. The molecule has 0 saturated heterocycles. The molecule has 0 N–H and O–H groups in total. The van der Waals surface area contributed by atoms with E-state index in [4.69, 9.17) is 14.8 Å². The van der Waals surface area contributed by atoms with E-state index in [1.807, 2.05) is 18.3 Å². The van der Waals surface area contributed by atoms with Crippen molar-refractivity contribution >= 4 is 21.8 Å². The monoisotopic (exact) mass is 848 g/mol. The number of benzene rings is 4. The van der Waals surface area contributed by atoms with Crippen LogP contribution in [0.4, 0.5) is 0 Å². The van der Waals surface area contributed by atoms with E-state index in [0.717, 1.165) is 57.4 Å². The largest absolute Gasteiger partial charge is 2.00 e. The molecule has 5 nitrogen and oxygen atoms in total. The summed E-state index contributed by atoms with van der Waals surface area (Å²) < 4.78 is 11.0. The second-order valence-corrected chi connectivity index (χ2v) is 18.9. The molecule has 7 rings (SSSR count). The van der Waals surface area contributed by atoms with E-state index in [-0.39, 0.29) is 36.7 Å². The van der Waals surface area contributed by atoms with Gasteiger partial charge >= 0.3 is 20.4 Å². The van der Waals surface area contributed by atoms with Crippen LogP contribution in [-0.2, 0) is 43.1 Å². The number of nitrogens with zero attached hydrogens (tertiary/aromatic N) is 4. The molecular weight excluding hydrogens is 791 g/mol. The summed E-state index contributed by atoms with van der Waals surface area (Å²) in [4.78, 5) is 4.83. The zero-order valence-corrected chi connectivity index (χ0v) is 37.6. The summed E-state index contributed by atoms with van der Waals surface area (Å²) in [6, 6.07) is 35.6. The summed E-state index contributed by atoms with van der Waals surface area (Å²) in [7, 11) is 0. The van der Waals surface area contributed by atoms with Crippen molar-refractivity contribution in [2.45, 2.75) is 125 Å². The van der Waals surface area contributed by atoms with E-state index in [2.05, 4.69) is 178 Å². The number of fused-ring (bicyclic) bond motifs is 3. The minimum absolute atomic E-state index is 0. The van der Waals surface area contributed by atoms with Crippen LogP contribution in [0.2, 0.25) is 0 Å². The zero-order valence-electron chi connectivity index (χ0n) is 36.1. The van der Waals surface area contributed by atoms with Gasteiger partial charge in [-0.3, -0.25) is 4.68 Å². The van der Waals surface area contributed by atoms with Gasteiger partial charge in [0.2, 0.25) is 0 Å². The number of aryl methyl sites for hydroxylation is 2. The van der Waals surface area contributed by atoms with Gasteiger partial charge in [-0.1, -0.05) is 138 Å². The number of rotatable bonds is 8. The molecule has 0 spiro atoms. The maximum Gasteiger partial charge on any atom is 2.00 e. The fourth-order valence-electron chi connectivity index (χ4n) is 7.72. The molecule has 3 aromatic heterocycles. The summed E-state index contributed by atoms with van der Waals surface area (Å²) in [6.45, 7) is 29.5. The number of aromatic nitrogens is 4. The molecular formula is C51H58N4OPd. The minimum Gasteiger partial charge on any atom is -0.509 e. The van der Waals surface area contributed by atoms with Crippen molar-refractivity contribution in [3.63, 3.8) is 0 Å². The molecule has 0 amide bonds. The molecule has 0 aliphatic heterocycles. The summed E-state index contributed by atoms with van der Waals surface area (Å²) in [6.07, 6.45) is 3.78. The Morgan fingerprint density at radius 1 is 0.737 bits per heavy atom.